The molecule has 0 saturated carbocycles. The van der Waals surface area contributed by atoms with Gasteiger partial charge in [-0.1, -0.05) is 30.4 Å². The first kappa shape index (κ1) is 22.5. The quantitative estimate of drug-likeness (QED) is 0.327. The lowest BCUT2D eigenvalue weighted by Gasteiger charge is -2.37. The molecule has 0 spiro atoms. The van der Waals surface area contributed by atoms with Gasteiger partial charge in [0.05, 0.1) is 16.5 Å². The van der Waals surface area contributed by atoms with Gasteiger partial charge in [-0.05, 0) is 72.0 Å². The first-order chi connectivity index (χ1) is 16.1. The lowest BCUT2D eigenvalue weighted by Crippen LogP contribution is -2.29. The minimum absolute atomic E-state index is 0.0373. The molecule has 4 nitrogen and oxygen atoms in total. The second-order valence-corrected chi connectivity index (χ2v) is 10.1. The summed E-state index contributed by atoms with van der Waals surface area (Å²) in [5, 5.41) is 3.45. The van der Waals surface area contributed by atoms with E-state index in [0.29, 0.717) is 0 Å². The topological polar surface area (TPSA) is 58.2 Å². The number of halogens is 4. The maximum absolute atomic E-state index is 13.4. The van der Waals surface area contributed by atoms with E-state index in [1.54, 1.807) is 24.3 Å². The van der Waals surface area contributed by atoms with Crippen LogP contribution in [-0.4, -0.2) is 8.42 Å². The van der Waals surface area contributed by atoms with Crippen LogP contribution in [0.3, 0.4) is 0 Å². The van der Waals surface area contributed by atoms with Gasteiger partial charge in [-0.15, -0.1) is 0 Å². The number of sulfonamides is 1. The molecule has 0 aromatic heterocycles. The van der Waals surface area contributed by atoms with Gasteiger partial charge in [-0.2, -0.15) is 13.2 Å². The van der Waals surface area contributed by atoms with Crippen molar-refractivity contribution in [2.75, 3.05) is 10.0 Å². The van der Waals surface area contributed by atoms with Crippen LogP contribution in [-0.2, 0) is 16.2 Å². The highest BCUT2D eigenvalue weighted by molar-refractivity contribution is 7.92. The van der Waals surface area contributed by atoms with E-state index in [2.05, 4.69) is 10.0 Å². The molecule has 9 heteroatoms. The van der Waals surface area contributed by atoms with Gasteiger partial charge in [0.1, 0.15) is 5.82 Å². The van der Waals surface area contributed by atoms with Gasteiger partial charge in [0.25, 0.3) is 10.0 Å². The van der Waals surface area contributed by atoms with Crippen LogP contribution < -0.4 is 10.0 Å². The molecule has 1 aliphatic heterocycles. The van der Waals surface area contributed by atoms with Crippen LogP contribution in [0, 0.1) is 11.7 Å². The fourth-order valence-corrected chi connectivity index (χ4v) is 5.80. The van der Waals surface area contributed by atoms with Gasteiger partial charge in [0.2, 0.25) is 0 Å². The summed E-state index contributed by atoms with van der Waals surface area (Å²) < 4.78 is 80.6. The van der Waals surface area contributed by atoms with Gasteiger partial charge in [0, 0.05) is 17.3 Å². The molecule has 1 aliphatic carbocycles. The largest absolute Gasteiger partial charge is 0.416 e. The van der Waals surface area contributed by atoms with Crippen molar-refractivity contribution in [3.8, 4) is 0 Å². The summed E-state index contributed by atoms with van der Waals surface area (Å²) in [6.07, 6.45) is 0.282. The zero-order chi connectivity index (χ0) is 24.1. The van der Waals surface area contributed by atoms with E-state index in [4.69, 9.17) is 0 Å². The Morgan fingerprint density at radius 3 is 2.47 bits per heavy atom. The fourth-order valence-electron chi connectivity index (χ4n) is 4.71. The van der Waals surface area contributed by atoms with E-state index >= 15 is 0 Å². The predicted octanol–water partition coefficient (Wildman–Crippen LogP) is 6.47. The van der Waals surface area contributed by atoms with Crippen LogP contribution in [0.4, 0.5) is 28.9 Å². The number of alkyl halides is 3. The van der Waals surface area contributed by atoms with Gasteiger partial charge >= 0.3 is 6.18 Å². The molecule has 2 N–H and O–H groups in total. The zero-order valence-electron chi connectivity index (χ0n) is 17.7. The van der Waals surface area contributed by atoms with E-state index in [1.807, 2.05) is 12.2 Å². The van der Waals surface area contributed by atoms with Crippen LogP contribution >= 0.6 is 0 Å². The fraction of sp³-hybridized carbons (Fsp3) is 0.200. The van der Waals surface area contributed by atoms with Gasteiger partial charge in [-0.3, -0.25) is 4.72 Å². The summed E-state index contributed by atoms with van der Waals surface area (Å²) >= 11 is 0. The number of nitrogens with one attached hydrogen (secondary N) is 2. The van der Waals surface area contributed by atoms with E-state index in [0.717, 1.165) is 41.4 Å². The molecule has 34 heavy (non-hydrogen) atoms. The number of allylic oxidation sites excluding steroid dienone is 2. The molecule has 0 saturated heterocycles. The molecule has 176 valence electrons. The molecular formula is C25H20F4N2O2S. The Labute approximate surface area is 194 Å². The van der Waals surface area contributed by atoms with Crippen molar-refractivity contribution in [2.24, 2.45) is 5.92 Å². The summed E-state index contributed by atoms with van der Waals surface area (Å²) in [5.41, 5.74) is 1.40. The summed E-state index contributed by atoms with van der Waals surface area (Å²) in [6, 6.07) is 15.0. The molecule has 1 heterocycles. The van der Waals surface area contributed by atoms with Crippen LogP contribution in [0.1, 0.15) is 35.1 Å². The van der Waals surface area contributed by atoms with Crippen LogP contribution in [0.5, 0.6) is 0 Å². The molecule has 0 radical (unpaired) electrons. The lowest BCUT2D eigenvalue weighted by atomic mass is 9.77. The second-order valence-electron chi connectivity index (χ2n) is 8.46. The normalized spacial score (nSPS) is 21.5. The summed E-state index contributed by atoms with van der Waals surface area (Å²) in [7, 11) is -4.12. The highest BCUT2D eigenvalue weighted by Crippen LogP contribution is 2.50. The smallest absolute Gasteiger partial charge is 0.378 e. The number of hydrogen-bond donors (Lipinski definition) is 2. The van der Waals surface area contributed by atoms with Crippen molar-refractivity contribution in [3.63, 3.8) is 0 Å². The number of hydrogen-bond acceptors (Lipinski definition) is 3. The lowest BCUT2D eigenvalue weighted by molar-refractivity contribution is -0.137. The number of benzene rings is 3. The van der Waals surface area contributed by atoms with Crippen molar-refractivity contribution in [2.45, 2.75) is 29.5 Å². The van der Waals surface area contributed by atoms with E-state index in [-0.39, 0.29) is 34.3 Å². The Kier molecular flexibility index (Phi) is 5.39. The number of rotatable bonds is 4. The van der Waals surface area contributed by atoms with Crippen molar-refractivity contribution < 1.29 is 26.0 Å². The molecule has 0 fully saturated rings. The first-order valence-electron chi connectivity index (χ1n) is 10.6. The molecule has 3 aromatic rings. The molecule has 3 atom stereocenters. The highest BCUT2D eigenvalue weighted by atomic mass is 32.2. The summed E-state index contributed by atoms with van der Waals surface area (Å²) in [6.45, 7) is 0. The average Bonchev–Trinajstić information content (AvgIpc) is 3.28. The summed E-state index contributed by atoms with van der Waals surface area (Å²) in [4.78, 5) is -0.0373. The van der Waals surface area contributed by atoms with Crippen LogP contribution in [0.25, 0.3) is 0 Å². The molecule has 5 rings (SSSR count). The number of fused-ring (bicyclic) bond motifs is 3. The highest BCUT2D eigenvalue weighted by Gasteiger charge is 2.38. The minimum atomic E-state index is -4.58. The second kappa shape index (κ2) is 8.16. The predicted molar refractivity (Wildman–Crippen MR) is 121 cm³/mol. The summed E-state index contributed by atoms with van der Waals surface area (Å²) in [5.74, 6) is -0.244. The maximum atomic E-state index is 13.4. The monoisotopic (exact) mass is 488 g/mol. The first-order valence-corrected chi connectivity index (χ1v) is 12.1. The van der Waals surface area contributed by atoms with Crippen molar-refractivity contribution in [1.29, 1.82) is 0 Å². The van der Waals surface area contributed by atoms with Gasteiger partial charge < -0.3 is 5.32 Å². The molecule has 2 unspecified atom stereocenters. The Bertz CT molecular complexity index is 1370. The average molecular weight is 489 g/mol. The van der Waals surface area contributed by atoms with E-state index in [9.17, 15) is 26.0 Å². The third kappa shape index (κ3) is 4.16. The Morgan fingerprint density at radius 1 is 0.971 bits per heavy atom. The van der Waals surface area contributed by atoms with Gasteiger partial charge in [0.15, 0.2) is 0 Å². The minimum Gasteiger partial charge on any atom is -0.378 e. The van der Waals surface area contributed by atoms with Crippen molar-refractivity contribution >= 4 is 21.4 Å². The number of anilines is 2. The maximum Gasteiger partial charge on any atom is 0.416 e. The van der Waals surface area contributed by atoms with Crippen LogP contribution in [0.2, 0.25) is 0 Å². The van der Waals surface area contributed by atoms with E-state index in [1.165, 1.54) is 24.3 Å². The molecule has 2 aliphatic rings. The van der Waals surface area contributed by atoms with Gasteiger partial charge in [-0.25, -0.2) is 12.8 Å². The van der Waals surface area contributed by atoms with Crippen molar-refractivity contribution in [3.05, 3.63) is 101 Å². The zero-order valence-corrected chi connectivity index (χ0v) is 18.5. The molecular weight excluding hydrogens is 468 g/mol. The van der Waals surface area contributed by atoms with E-state index < -0.39 is 21.8 Å². The SMILES string of the molecule is O=S(=O)(Nc1cccc(C(F)(F)F)c1)c1ccc2c(c1)C1C=CCC1[C@H](c1ccc(F)cc1)N2. The standard InChI is InChI=1S/C25H20F4N2O2S/c26-17-9-7-15(8-10-17)24-21-6-2-5-20(21)22-14-19(11-12-23(22)30-24)34(32,33)31-18-4-1-3-16(13-18)25(27,28)29/h1-5,7-14,20-21,24,30-31H,6H2/t20?,21?,24-/m0/s1. The van der Waals surface area contributed by atoms with Crippen molar-refractivity contribution in [1.82, 2.24) is 0 Å². The Balaban J connectivity index is 1.46. The molecule has 3 aromatic carbocycles. The Hall–Kier alpha value is -3.33. The molecule has 0 amide bonds. The molecule has 0 bridgehead atoms. The van der Waals surface area contributed by atoms with Crippen LogP contribution in [0.15, 0.2) is 83.8 Å². The Morgan fingerprint density at radius 2 is 1.74 bits per heavy atom. The third-order valence-corrected chi connectivity index (χ3v) is 7.69. The third-order valence-electron chi connectivity index (χ3n) is 6.32.